The van der Waals surface area contributed by atoms with Crippen molar-refractivity contribution in [2.45, 2.75) is 13.5 Å². The summed E-state index contributed by atoms with van der Waals surface area (Å²) in [5, 5.41) is 12.7. The monoisotopic (exact) mass is 357 g/mol. The first kappa shape index (κ1) is 17.4. The van der Waals surface area contributed by atoms with Crippen LogP contribution in [0.5, 0.6) is 5.75 Å². The van der Waals surface area contributed by atoms with Crippen LogP contribution in [0.25, 0.3) is 5.52 Å². The molecule has 0 spiro atoms. The van der Waals surface area contributed by atoms with Crippen LogP contribution < -0.4 is 16.3 Å². The average molecular weight is 357 g/mol. The van der Waals surface area contributed by atoms with E-state index in [0.29, 0.717) is 12.1 Å². The molecule has 1 aromatic carbocycles. The van der Waals surface area contributed by atoms with Gasteiger partial charge in [0, 0.05) is 25.1 Å². The number of carbonyl (C=O) groups excluding carboxylic acids is 1. The van der Waals surface area contributed by atoms with Gasteiger partial charge in [0.05, 0.1) is 6.54 Å². The summed E-state index contributed by atoms with van der Waals surface area (Å²) in [5.74, 6) is -1.80. The maximum absolute atomic E-state index is 13.0. The SMILES string of the molecule is CCNC(=O)c1cn2ccn(Cc3ccc(F)cc3)c(=O)c2c(O)c1=O. The van der Waals surface area contributed by atoms with Crippen molar-refractivity contribution >= 4 is 11.4 Å². The molecule has 0 bridgehead atoms. The van der Waals surface area contributed by atoms with Gasteiger partial charge in [0.2, 0.25) is 5.43 Å². The second-order valence-electron chi connectivity index (χ2n) is 5.69. The van der Waals surface area contributed by atoms with Crippen LogP contribution in [-0.4, -0.2) is 26.5 Å². The Morgan fingerprint density at radius 1 is 1.19 bits per heavy atom. The highest BCUT2D eigenvalue weighted by atomic mass is 19.1. The molecule has 0 unspecified atom stereocenters. The number of hydrogen-bond donors (Lipinski definition) is 2. The summed E-state index contributed by atoms with van der Waals surface area (Å²) < 4.78 is 15.5. The number of fused-ring (bicyclic) bond motifs is 1. The fourth-order valence-electron chi connectivity index (χ4n) is 2.63. The number of pyridine rings is 1. The molecule has 0 radical (unpaired) electrons. The molecular formula is C18H16FN3O4. The number of halogens is 1. The molecule has 2 aromatic heterocycles. The van der Waals surface area contributed by atoms with E-state index in [9.17, 15) is 23.9 Å². The summed E-state index contributed by atoms with van der Waals surface area (Å²) in [7, 11) is 0. The summed E-state index contributed by atoms with van der Waals surface area (Å²) in [4.78, 5) is 36.8. The van der Waals surface area contributed by atoms with Gasteiger partial charge in [0.15, 0.2) is 11.3 Å². The van der Waals surface area contributed by atoms with Gasteiger partial charge in [0.25, 0.3) is 11.5 Å². The van der Waals surface area contributed by atoms with Crippen molar-refractivity contribution in [3.05, 3.63) is 80.4 Å². The van der Waals surface area contributed by atoms with Crippen LogP contribution in [0.3, 0.4) is 0 Å². The normalized spacial score (nSPS) is 10.8. The van der Waals surface area contributed by atoms with E-state index in [1.54, 1.807) is 6.92 Å². The minimum atomic E-state index is -0.910. The van der Waals surface area contributed by atoms with E-state index in [0.717, 1.165) is 0 Å². The van der Waals surface area contributed by atoms with Crippen molar-refractivity contribution in [3.63, 3.8) is 0 Å². The molecule has 7 nitrogen and oxygen atoms in total. The van der Waals surface area contributed by atoms with Crippen LogP contribution in [0, 0.1) is 5.82 Å². The maximum Gasteiger partial charge on any atom is 0.279 e. The number of nitrogens with one attached hydrogen (secondary N) is 1. The van der Waals surface area contributed by atoms with Gasteiger partial charge >= 0.3 is 0 Å². The Kier molecular flexibility index (Phi) is 4.57. The average Bonchev–Trinajstić information content (AvgIpc) is 2.62. The number of amides is 1. The Labute approximate surface area is 147 Å². The second-order valence-corrected chi connectivity index (χ2v) is 5.69. The quantitative estimate of drug-likeness (QED) is 0.731. The fraction of sp³-hybridized carbons (Fsp3) is 0.167. The lowest BCUT2D eigenvalue weighted by atomic mass is 10.2. The van der Waals surface area contributed by atoms with E-state index in [2.05, 4.69) is 5.32 Å². The minimum Gasteiger partial charge on any atom is -0.503 e. The summed E-state index contributed by atoms with van der Waals surface area (Å²) in [6.45, 7) is 2.16. The fourth-order valence-corrected chi connectivity index (χ4v) is 2.63. The Morgan fingerprint density at radius 3 is 2.54 bits per heavy atom. The summed E-state index contributed by atoms with van der Waals surface area (Å²) in [5.41, 5.74) is -1.31. The molecule has 0 atom stereocenters. The predicted molar refractivity (Wildman–Crippen MR) is 93.1 cm³/mol. The van der Waals surface area contributed by atoms with Gasteiger partial charge in [-0.25, -0.2) is 4.39 Å². The lowest BCUT2D eigenvalue weighted by molar-refractivity contribution is 0.0954. The minimum absolute atomic E-state index is 0.140. The summed E-state index contributed by atoms with van der Waals surface area (Å²) >= 11 is 0. The van der Waals surface area contributed by atoms with Gasteiger partial charge in [-0.15, -0.1) is 0 Å². The Balaban J connectivity index is 2.12. The summed E-state index contributed by atoms with van der Waals surface area (Å²) in [6, 6.07) is 5.64. The molecule has 0 fully saturated rings. The number of rotatable bonds is 4. The van der Waals surface area contributed by atoms with E-state index in [1.165, 1.54) is 51.8 Å². The Morgan fingerprint density at radius 2 is 1.88 bits per heavy atom. The molecule has 134 valence electrons. The molecule has 26 heavy (non-hydrogen) atoms. The van der Waals surface area contributed by atoms with Crippen LogP contribution in [0.4, 0.5) is 4.39 Å². The van der Waals surface area contributed by atoms with E-state index < -0.39 is 22.6 Å². The third-order valence-corrected chi connectivity index (χ3v) is 3.93. The van der Waals surface area contributed by atoms with Crippen LogP contribution >= 0.6 is 0 Å². The summed E-state index contributed by atoms with van der Waals surface area (Å²) in [6.07, 6.45) is 4.14. The van der Waals surface area contributed by atoms with Crippen molar-refractivity contribution in [3.8, 4) is 5.75 Å². The topological polar surface area (TPSA) is 92.8 Å². The predicted octanol–water partition coefficient (Wildman–Crippen LogP) is 1.10. The Bertz CT molecular complexity index is 1100. The van der Waals surface area contributed by atoms with E-state index >= 15 is 0 Å². The highest BCUT2D eigenvalue weighted by Gasteiger charge is 2.18. The van der Waals surface area contributed by atoms with Gasteiger partial charge in [-0.2, -0.15) is 0 Å². The van der Waals surface area contributed by atoms with Crippen molar-refractivity contribution in [1.29, 1.82) is 0 Å². The van der Waals surface area contributed by atoms with Crippen LogP contribution in [0.15, 0.2) is 52.4 Å². The number of aromatic hydroxyl groups is 1. The second kappa shape index (κ2) is 6.83. The van der Waals surface area contributed by atoms with E-state index in [4.69, 9.17) is 0 Å². The molecule has 3 rings (SSSR count). The number of nitrogens with zero attached hydrogens (tertiary/aromatic N) is 2. The molecule has 0 aliphatic heterocycles. The number of aromatic nitrogens is 2. The molecule has 2 N–H and O–H groups in total. The largest absolute Gasteiger partial charge is 0.503 e. The molecule has 0 aliphatic carbocycles. The third-order valence-electron chi connectivity index (χ3n) is 3.93. The lowest BCUT2D eigenvalue weighted by Gasteiger charge is -2.11. The first-order chi connectivity index (χ1) is 12.4. The van der Waals surface area contributed by atoms with Crippen molar-refractivity contribution in [1.82, 2.24) is 14.3 Å². The van der Waals surface area contributed by atoms with Crippen molar-refractivity contribution in [2.75, 3.05) is 6.54 Å². The molecule has 0 aliphatic rings. The zero-order chi connectivity index (χ0) is 18.8. The maximum atomic E-state index is 13.0. The third kappa shape index (κ3) is 3.08. The number of benzene rings is 1. The first-order valence-corrected chi connectivity index (χ1v) is 7.92. The van der Waals surface area contributed by atoms with Gasteiger partial charge in [-0.3, -0.25) is 14.4 Å². The lowest BCUT2D eigenvalue weighted by Crippen LogP contribution is -2.31. The van der Waals surface area contributed by atoms with Gasteiger partial charge < -0.3 is 19.4 Å². The molecular weight excluding hydrogens is 341 g/mol. The molecule has 0 saturated carbocycles. The number of carbonyl (C=O) groups is 1. The van der Waals surface area contributed by atoms with Crippen LogP contribution in [-0.2, 0) is 6.54 Å². The van der Waals surface area contributed by atoms with E-state index in [-0.39, 0.29) is 23.4 Å². The van der Waals surface area contributed by atoms with Gasteiger partial charge in [0.1, 0.15) is 11.4 Å². The van der Waals surface area contributed by atoms with Crippen molar-refractivity contribution in [2.24, 2.45) is 0 Å². The van der Waals surface area contributed by atoms with Crippen molar-refractivity contribution < 1.29 is 14.3 Å². The molecule has 1 amide bonds. The first-order valence-electron chi connectivity index (χ1n) is 7.92. The van der Waals surface area contributed by atoms with Gasteiger partial charge in [-0.1, -0.05) is 12.1 Å². The van der Waals surface area contributed by atoms with E-state index in [1.807, 2.05) is 0 Å². The smallest absolute Gasteiger partial charge is 0.279 e. The Hall–Kier alpha value is -3.42. The van der Waals surface area contributed by atoms with Gasteiger partial charge in [-0.05, 0) is 24.6 Å². The van der Waals surface area contributed by atoms with Crippen LogP contribution in [0.2, 0.25) is 0 Å². The highest BCUT2D eigenvalue weighted by molar-refractivity contribution is 5.94. The number of hydrogen-bond acceptors (Lipinski definition) is 4. The molecule has 0 saturated heterocycles. The van der Waals surface area contributed by atoms with Crippen LogP contribution in [0.1, 0.15) is 22.8 Å². The molecule has 8 heteroatoms. The molecule has 2 heterocycles. The molecule has 3 aromatic rings. The zero-order valence-corrected chi connectivity index (χ0v) is 13.9. The standard InChI is InChI=1S/C18H16FN3O4/c1-2-20-17(25)13-10-21-7-8-22(9-11-3-5-12(19)6-4-11)18(26)14(21)16(24)15(13)23/h3-8,10,24H,2,9H2,1H3,(H,20,25). The highest BCUT2D eigenvalue weighted by Crippen LogP contribution is 2.12. The zero-order valence-electron chi connectivity index (χ0n) is 13.9.